The zero-order valence-electron chi connectivity index (χ0n) is 10.1. The highest BCUT2D eigenvalue weighted by Gasteiger charge is 2.09. The molecule has 0 heterocycles. The van der Waals surface area contributed by atoms with Crippen LogP contribution in [0.3, 0.4) is 0 Å². The van der Waals surface area contributed by atoms with Gasteiger partial charge in [0.25, 0.3) is 0 Å². The van der Waals surface area contributed by atoms with Gasteiger partial charge in [-0.1, -0.05) is 20.8 Å². The molecule has 0 aromatic carbocycles. The summed E-state index contributed by atoms with van der Waals surface area (Å²) in [7, 11) is 0. The van der Waals surface area contributed by atoms with Crippen molar-refractivity contribution in [3.63, 3.8) is 0 Å². The van der Waals surface area contributed by atoms with E-state index in [4.69, 9.17) is 5.73 Å². The van der Waals surface area contributed by atoms with Crippen LogP contribution in [-0.2, 0) is 4.79 Å². The summed E-state index contributed by atoms with van der Waals surface area (Å²) in [6.07, 6.45) is 2.62. The maximum Gasteiger partial charge on any atom is 0.220 e. The first-order valence-electron chi connectivity index (χ1n) is 5.53. The van der Waals surface area contributed by atoms with Crippen molar-refractivity contribution in [1.82, 2.24) is 5.32 Å². The molecule has 0 saturated heterocycles. The van der Waals surface area contributed by atoms with Crippen LogP contribution in [0.5, 0.6) is 0 Å². The molecule has 1 unspecified atom stereocenters. The summed E-state index contributed by atoms with van der Waals surface area (Å²) >= 11 is 0. The Morgan fingerprint density at radius 2 is 1.93 bits per heavy atom. The van der Waals surface area contributed by atoms with Crippen molar-refractivity contribution in [3.05, 3.63) is 0 Å². The summed E-state index contributed by atoms with van der Waals surface area (Å²) in [5.41, 5.74) is 5.33. The van der Waals surface area contributed by atoms with E-state index in [1.165, 1.54) is 0 Å². The Morgan fingerprint density at radius 3 is 2.40 bits per heavy atom. The third-order valence-corrected chi connectivity index (χ3v) is 2.11. The molecular formula is C11H25ClN2O. The molecule has 0 aliphatic carbocycles. The second-order valence-electron chi connectivity index (χ2n) is 4.43. The molecule has 1 atom stereocenters. The first kappa shape index (κ1) is 17.1. The molecule has 3 N–H and O–H groups in total. The fourth-order valence-corrected chi connectivity index (χ4v) is 1.61. The van der Waals surface area contributed by atoms with E-state index in [1.54, 1.807) is 0 Å². The maximum atomic E-state index is 11.4. The van der Waals surface area contributed by atoms with Gasteiger partial charge >= 0.3 is 0 Å². The lowest BCUT2D eigenvalue weighted by Crippen LogP contribution is -2.27. The predicted molar refractivity (Wildman–Crippen MR) is 67.2 cm³/mol. The highest BCUT2D eigenvalue weighted by molar-refractivity contribution is 5.85. The molecule has 0 saturated carbocycles. The Bertz CT molecular complexity index is 163. The predicted octanol–water partition coefficient (Wildman–Crippen LogP) is 1.95. The van der Waals surface area contributed by atoms with Gasteiger partial charge in [-0.15, -0.1) is 12.4 Å². The van der Waals surface area contributed by atoms with Gasteiger partial charge in [-0.3, -0.25) is 4.79 Å². The quantitative estimate of drug-likeness (QED) is 0.664. The minimum absolute atomic E-state index is 0. The van der Waals surface area contributed by atoms with Gasteiger partial charge in [0.2, 0.25) is 5.91 Å². The monoisotopic (exact) mass is 236 g/mol. The highest BCUT2D eigenvalue weighted by Crippen LogP contribution is 2.13. The molecule has 1 amide bonds. The molecule has 0 fully saturated rings. The summed E-state index contributed by atoms with van der Waals surface area (Å²) in [5, 5.41) is 2.87. The summed E-state index contributed by atoms with van der Waals surface area (Å²) in [6.45, 7) is 7.85. The van der Waals surface area contributed by atoms with Gasteiger partial charge in [-0.05, 0) is 31.2 Å². The zero-order chi connectivity index (χ0) is 11.0. The van der Waals surface area contributed by atoms with Gasteiger partial charge in [0, 0.05) is 13.0 Å². The molecule has 92 valence electrons. The number of nitrogens with two attached hydrogens (primary N) is 1. The Hall–Kier alpha value is -0.280. The van der Waals surface area contributed by atoms with Crippen LogP contribution in [0, 0.1) is 11.8 Å². The van der Waals surface area contributed by atoms with Crippen LogP contribution in [0.1, 0.15) is 40.0 Å². The summed E-state index contributed by atoms with van der Waals surface area (Å²) in [5.74, 6) is 1.31. The first-order chi connectivity index (χ1) is 6.56. The fourth-order valence-electron chi connectivity index (χ4n) is 1.61. The Kier molecular flexibility index (Phi) is 11.7. The first-order valence-corrected chi connectivity index (χ1v) is 5.53. The maximum absolute atomic E-state index is 11.4. The SMILES string of the molecule is CC(C)CC(C)CC(=O)NCCCN.Cl. The highest BCUT2D eigenvalue weighted by atomic mass is 35.5. The Morgan fingerprint density at radius 1 is 1.33 bits per heavy atom. The molecule has 0 radical (unpaired) electrons. The van der Waals surface area contributed by atoms with E-state index in [0.717, 1.165) is 12.8 Å². The number of rotatable bonds is 7. The van der Waals surface area contributed by atoms with Gasteiger partial charge in [0.05, 0.1) is 0 Å². The second kappa shape index (κ2) is 10.2. The number of halogens is 1. The molecule has 0 aromatic heterocycles. The van der Waals surface area contributed by atoms with E-state index in [-0.39, 0.29) is 18.3 Å². The van der Waals surface area contributed by atoms with Crippen molar-refractivity contribution in [3.8, 4) is 0 Å². The van der Waals surface area contributed by atoms with Gasteiger partial charge in [-0.2, -0.15) is 0 Å². The smallest absolute Gasteiger partial charge is 0.220 e. The number of carbonyl (C=O) groups is 1. The third-order valence-electron chi connectivity index (χ3n) is 2.11. The van der Waals surface area contributed by atoms with Crippen molar-refractivity contribution < 1.29 is 4.79 Å². The van der Waals surface area contributed by atoms with Crippen molar-refractivity contribution in [2.24, 2.45) is 17.6 Å². The minimum atomic E-state index is 0. The summed E-state index contributed by atoms with van der Waals surface area (Å²) < 4.78 is 0. The van der Waals surface area contributed by atoms with Gasteiger partial charge in [0.15, 0.2) is 0 Å². The molecule has 0 aliphatic heterocycles. The van der Waals surface area contributed by atoms with Crippen molar-refractivity contribution in [1.29, 1.82) is 0 Å². The van der Waals surface area contributed by atoms with Crippen LogP contribution in [-0.4, -0.2) is 19.0 Å². The largest absolute Gasteiger partial charge is 0.356 e. The van der Waals surface area contributed by atoms with Crippen LogP contribution < -0.4 is 11.1 Å². The number of amides is 1. The second-order valence-corrected chi connectivity index (χ2v) is 4.43. The number of hydrogen-bond donors (Lipinski definition) is 2. The molecule has 15 heavy (non-hydrogen) atoms. The molecule has 0 bridgehead atoms. The van der Waals surface area contributed by atoms with E-state index in [1.807, 2.05) is 0 Å². The fraction of sp³-hybridized carbons (Fsp3) is 0.909. The van der Waals surface area contributed by atoms with Crippen LogP contribution in [0.2, 0.25) is 0 Å². The van der Waals surface area contributed by atoms with E-state index in [2.05, 4.69) is 26.1 Å². The van der Waals surface area contributed by atoms with Gasteiger partial charge < -0.3 is 11.1 Å². The summed E-state index contributed by atoms with van der Waals surface area (Å²) in [4.78, 5) is 11.4. The number of hydrogen-bond acceptors (Lipinski definition) is 2. The molecular weight excluding hydrogens is 212 g/mol. The summed E-state index contributed by atoms with van der Waals surface area (Å²) in [6, 6.07) is 0. The Labute approximate surface area is 99.6 Å². The average Bonchev–Trinajstić information content (AvgIpc) is 2.02. The molecule has 0 rings (SSSR count). The molecule has 0 aliphatic rings. The molecule has 0 aromatic rings. The lowest BCUT2D eigenvalue weighted by atomic mass is 9.96. The van der Waals surface area contributed by atoms with E-state index in [0.29, 0.717) is 31.3 Å². The van der Waals surface area contributed by atoms with Crippen LogP contribution in [0.25, 0.3) is 0 Å². The number of carbonyl (C=O) groups excluding carboxylic acids is 1. The third kappa shape index (κ3) is 11.6. The zero-order valence-corrected chi connectivity index (χ0v) is 10.9. The molecule has 0 spiro atoms. The normalized spacial score (nSPS) is 12.1. The van der Waals surface area contributed by atoms with E-state index in [9.17, 15) is 4.79 Å². The minimum Gasteiger partial charge on any atom is -0.356 e. The van der Waals surface area contributed by atoms with E-state index < -0.39 is 0 Å². The van der Waals surface area contributed by atoms with Crippen LogP contribution in [0.15, 0.2) is 0 Å². The van der Waals surface area contributed by atoms with Crippen molar-refractivity contribution >= 4 is 18.3 Å². The lowest BCUT2D eigenvalue weighted by Gasteiger charge is -2.13. The van der Waals surface area contributed by atoms with Crippen molar-refractivity contribution in [2.75, 3.05) is 13.1 Å². The van der Waals surface area contributed by atoms with Crippen LogP contribution in [0.4, 0.5) is 0 Å². The average molecular weight is 237 g/mol. The van der Waals surface area contributed by atoms with Gasteiger partial charge in [-0.25, -0.2) is 0 Å². The number of nitrogens with one attached hydrogen (secondary N) is 1. The Balaban J connectivity index is 0. The molecule has 4 heteroatoms. The lowest BCUT2D eigenvalue weighted by molar-refractivity contribution is -0.121. The van der Waals surface area contributed by atoms with E-state index >= 15 is 0 Å². The van der Waals surface area contributed by atoms with Crippen molar-refractivity contribution in [2.45, 2.75) is 40.0 Å². The molecule has 3 nitrogen and oxygen atoms in total. The van der Waals surface area contributed by atoms with Crippen LogP contribution >= 0.6 is 12.4 Å². The standard InChI is InChI=1S/C11H24N2O.ClH/c1-9(2)7-10(3)8-11(14)13-6-4-5-12;/h9-10H,4-8,12H2,1-3H3,(H,13,14);1H. The topological polar surface area (TPSA) is 55.1 Å². The van der Waals surface area contributed by atoms with Gasteiger partial charge in [0.1, 0.15) is 0 Å².